The molecule has 0 saturated heterocycles. The van der Waals surface area contributed by atoms with Crippen molar-refractivity contribution in [3.8, 4) is 0 Å². The highest BCUT2D eigenvalue weighted by atomic mass is 16.3. The lowest BCUT2D eigenvalue weighted by Gasteiger charge is -2.06. The molecular formula is C11H13NO2. The molecule has 0 fully saturated rings. The number of amides is 1. The lowest BCUT2D eigenvalue weighted by molar-refractivity contribution is -0.123. The Morgan fingerprint density at radius 2 is 1.86 bits per heavy atom. The second kappa shape index (κ2) is 4.46. The lowest BCUT2D eigenvalue weighted by atomic mass is 10.2. The van der Waals surface area contributed by atoms with Gasteiger partial charge in [-0.3, -0.25) is 4.79 Å². The Morgan fingerprint density at radius 3 is 2.36 bits per heavy atom. The Morgan fingerprint density at radius 1 is 1.29 bits per heavy atom. The van der Waals surface area contributed by atoms with Gasteiger partial charge in [-0.2, -0.15) is 0 Å². The molecule has 0 aliphatic heterocycles. The Bertz CT molecular complexity index is 342. The van der Waals surface area contributed by atoms with Crippen LogP contribution in [0.3, 0.4) is 0 Å². The van der Waals surface area contributed by atoms with Crippen LogP contribution in [0, 0.1) is 0 Å². The summed E-state index contributed by atoms with van der Waals surface area (Å²) < 4.78 is 0. The fraction of sp³-hybridized carbons (Fsp3) is 0.182. The van der Waals surface area contributed by atoms with Gasteiger partial charge in [-0.15, -0.1) is 0 Å². The summed E-state index contributed by atoms with van der Waals surface area (Å²) in [4.78, 5) is 12.6. The molecule has 3 heteroatoms. The molecule has 1 aromatic carbocycles. The van der Waals surface area contributed by atoms with E-state index in [1.165, 1.54) is 11.0 Å². The average molecular weight is 191 g/mol. The van der Waals surface area contributed by atoms with Crippen molar-refractivity contribution < 1.29 is 9.90 Å². The van der Waals surface area contributed by atoms with Crippen LogP contribution in [-0.2, 0) is 4.79 Å². The van der Waals surface area contributed by atoms with Gasteiger partial charge in [0.25, 0.3) is 0 Å². The monoisotopic (exact) mass is 191 g/mol. The molecule has 0 aromatic heterocycles. The normalized spacial score (nSPS) is 11.1. The predicted octanol–water partition coefficient (Wildman–Crippen LogP) is 1.67. The maximum absolute atomic E-state index is 11.2. The van der Waals surface area contributed by atoms with Gasteiger partial charge in [0, 0.05) is 25.7 Å². The van der Waals surface area contributed by atoms with Crippen molar-refractivity contribution in [1.29, 1.82) is 0 Å². The number of carbonyl (C=O) groups excluding carboxylic acids is 1. The average Bonchev–Trinajstić information content (AvgIpc) is 2.19. The van der Waals surface area contributed by atoms with Crippen molar-refractivity contribution in [3.63, 3.8) is 0 Å². The summed E-state index contributed by atoms with van der Waals surface area (Å²) in [6.07, 6.45) is 1.20. The zero-order chi connectivity index (χ0) is 10.6. The highest BCUT2D eigenvalue weighted by Crippen LogP contribution is 2.09. The molecule has 1 N–H and O–H groups in total. The van der Waals surface area contributed by atoms with Crippen LogP contribution in [0.15, 0.2) is 36.4 Å². The molecule has 14 heavy (non-hydrogen) atoms. The maximum Gasteiger partial charge on any atom is 0.249 e. The van der Waals surface area contributed by atoms with Crippen LogP contribution in [0.2, 0.25) is 0 Å². The van der Waals surface area contributed by atoms with Crippen molar-refractivity contribution in [2.24, 2.45) is 0 Å². The molecular weight excluding hydrogens is 178 g/mol. The third-order valence-corrected chi connectivity index (χ3v) is 1.77. The molecule has 0 aliphatic rings. The molecule has 1 amide bonds. The van der Waals surface area contributed by atoms with E-state index >= 15 is 0 Å². The van der Waals surface area contributed by atoms with E-state index in [0.717, 1.165) is 0 Å². The summed E-state index contributed by atoms with van der Waals surface area (Å²) in [6.45, 7) is 0. The molecule has 0 bridgehead atoms. The van der Waals surface area contributed by atoms with E-state index in [9.17, 15) is 9.90 Å². The minimum absolute atomic E-state index is 0.00991. The van der Waals surface area contributed by atoms with Gasteiger partial charge < -0.3 is 10.0 Å². The summed E-state index contributed by atoms with van der Waals surface area (Å²) >= 11 is 0. The molecule has 0 heterocycles. The first-order chi connectivity index (χ1) is 6.61. The third-order valence-electron chi connectivity index (χ3n) is 1.77. The van der Waals surface area contributed by atoms with Gasteiger partial charge in [-0.05, 0) is 0 Å². The van der Waals surface area contributed by atoms with Crippen molar-refractivity contribution >= 4 is 11.7 Å². The Hall–Kier alpha value is -1.77. The van der Waals surface area contributed by atoms with Gasteiger partial charge in [-0.25, -0.2) is 0 Å². The Kier molecular flexibility index (Phi) is 3.29. The standard InChI is InChI=1S/C11H13NO2/c1-12(2)11(14)8-10(13)9-6-4-3-5-7-9/h3-8,13H,1-2H3. The van der Waals surface area contributed by atoms with E-state index in [-0.39, 0.29) is 11.7 Å². The van der Waals surface area contributed by atoms with Crippen LogP contribution in [0.1, 0.15) is 5.56 Å². The van der Waals surface area contributed by atoms with Gasteiger partial charge in [0.15, 0.2) is 0 Å². The van der Waals surface area contributed by atoms with Crippen LogP contribution in [0.25, 0.3) is 5.76 Å². The highest BCUT2D eigenvalue weighted by molar-refractivity contribution is 5.93. The van der Waals surface area contributed by atoms with Crippen LogP contribution >= 0.6 is 0 Å². The number of benzene rings is 1. The quantitative estimate of drug-likeness (QED) is 0.570. The van der Waals surface area contributed by atoms with Gasteiger partial charge in [-0.1, -0.05) is 30.3 Å². The van der Waals surface area contributed by atoms with Gasteiger partial charge >= 0.3 is 0 Å². The molecule has 3 nitrogen and oxygen atoms in total. The number of rotatable bonds is 2. The Labute approximate surface area is 83.3 Å². The van der Waals surface area contributed by atoms with Crippen molar-refractivity contribution in [3.05, 3.63) is 42.0 Å². The van der Waals surface area contributed by atoms with Crippen molar-refractivity contribution in [2.45, 2.75) is 0 Å². The number of carbonyl (C=O) groups is 1. The van der Waals surface area contributed by atoms with Crippen molar-refractivity contribution in [1.82, 2.24) is 4.90 Å². The van der Waals surface area contributed by atoms with E-state index in [2.05, 4.69) is 0 Å². The fourth-order valence-electron chi connectivity index (χ4n) is 0.938. The minimum Gasteiger partial charge on any atom is -0.507 e. The molecule has 0 radical (unpaired) electrons. The predicted molar refractivity (Wildman–Crippen MR) is 55.7 cm³/mol. The molecule has 1 rings (SSSR count). The van der Waals surface area contributed by atoms with Crippen LogP contribution in [0.5, 0.6) is 0 Å². The molecule has 0 spiro atoms. The first kappa shape index (κ1) is 10.3. The third kappa shape index (κ3) is 2.62. The summed E-state index contributed by atoms with van der Waals surface area (Å²) in [6, 6.07) is 8.95. The second-order valence-corrected chi connectivity index (χ2v) is 3.13. The first-order valence-corrected chi connectivity index (χ1v) is 4.28. The molecule has 0 saturated carbocycles. The summed E-state index contributed by atoms with van der Waals surface area (Å²) in [5.74, 6) is -0.240. The molecule has 1 aromatic rings. The van der Waals surface area contributed by atoms with Crippen LogP contribution in [0.4, 0.5) is 0 Å². The van der Waals surface area contributed by atoms with Gasteiger partial charge in [0.2, 0.25) is 5.91 Å². The number of aliphatic hydroxyl groups is 1. The number of hydrogen-bond donors (Lipinski definition) is 1. The smallest absolute Gasteiger partial charge is 0.249 e. The van der Waals surface area contributed by atoms with E-state index < -0.39 is 0 Å². The summed E-state index contributed by atoms with van der Waals surface area (Å²) in [5.41, 5.74) is 0.641. The number of nitrogens with zero attached hydrogens (tertiary/aromatic N) is 1. The number of aliphatic hydroxyl groups excluding tert-OH is 1. The summed E-state index contributed by atoms with van der Waals surface area (Å²) in [7, 11) is 3.27. The SMILES string of the molecule is CN(C)C(=O)C=C(O)c1ccccc1. The second-order valence-electron chi connectivity index (χ2n) is 3.13. The van der Waals surface area contributed by atoms with E-state index in [0.29, 0.717) is 5.56 Å². The Balaban J connectivity index is 2.85. The maximum atomic E-state index is 11.2. The highest BCUT2D eigenvalue weighted by Gasteiger charge is 2.03. The fourth-order valence-corrected chi connectivity index (χ4v) is 0.938. The lowest BCUT2D eigenvalue weighted by Crippen LogP contribution is -2.19. The minimum atomic E-state index is -0.230. The van der Waals surface area contributed by atoms with Crippen LogP contribution in [-0.4, -0.2) is 30.0 Å². The first-order valence-electron chi connectivity index (χ1n) is 4.28. The summed E-state index contributed by atoms with van der Waals surface area (Å²) in [5, 5.41) is 9.55. The number of likely N-dealkylation sites (N-methyl/N-ethyl adjacent to an activating group) is 1. The molecule has 0 unspecified atom stereocenters. The molecule has 0 atom stereocenters. The number of hydrogen-bond acceptors (Lipinski definition) is 2. The van der Waals surface area contributed by atoms with Crippen LogP contribution < -0.4 is 0 Å². The van der Waals surface area contributed by atoms with Crippen molar-refractivity contribution in [2.75, 3.05) is 14.1 Å². The molecule has 0 aliphatic carbocycles. The van der Waals surface area contributed by atoms with Gasteiger partial charge in [0.05, 0.1) is 0 Å². The largest absolute Gasteiger partial charge is 0.507 e. The van der Waals surface area contributed by atoms with E-state index in [1.54, 1.807) is 38.4 Å². The zero-order valence-electron chi connectivity index (χ0n) is 8.27. The zero-order valence-corrected chi connectivity index (χ0v) is 8.27. The molecule has 74 valence electrons. The van der Waals surface area contributed by atoms with Gasteiger partial charge in [0.1, 0.15) is 5.76 Å². The van der Waals surface area contributed by atoms with E-state index in [4.69, 9.17) is 0 Å². The van der Waals surface area contributed by atoms with E-state index in [1.807, 2.05) is 6.07 Å². The topological polar surface area (TPSA) is 40.5 Å².